The van der Waals surface area contributed by atoms with Gasteiger partial charge in [0.2, 0.25) is 0 Å². The maximum absolute atomic E-state index is 13.9. The summed E-state index contributed by atoms with van der Waals surface area (Å²) in [4.78, 5) is 79.1. The Kier molecular flexibility index (Phi) is 16.6. The van der Waals surface area contributed by atoms with Gasteiger partial charge in [-0.05, 0) is 72.6 Å². The lowest BCUT2D eigenvalue weighted by molar-refractivity contribution is -0.405. The zero-order valence-electron chi connectivity index (χ0n) is 53.0. The molecule has 488 valence electrons. The first-order valence-corrected chi connectivity index (χ1v) is 30.8. The van der Waals surface area contributed by atoms with Gasteiger partial charge in [0.25, 0.3) is 0 Å². The Balaban J connectivity index is 0.000000185. The number of ether oxygens (including phenoxy) is 12. The summed E-state index contributed by atoms with van der Waals surface area (Å²) in [6.07, 6.45) is -10.6. The van der Waals surface area contributed by atoms with E-state index in [2.05, 4.69) is 13.2 Å². The number of aliphatic hydroxyl groups is 4. The van der Waals surface area contributed by atoms with Crippen molar-refractivity contribution in [1.82, 2.24) is 0 Å². The number of fused-ring (bicyclic) bond motifs is 8. The normalized spacial score (nSPS) is 42.8. The third-order valence-electron chi connectivity index (χ3n) is 22.3. The standard InChI is InChI=1S/2C34H42O11/c2*1-8-24-42-22-14-23-33(16-40-23,45-19(4)36)27-29(44-30(38)20-12-10-9-11-13-20)34(39)15-21(37)17(2)25(31(34,5)6)26(41-18(3)35)28(43-24)32(22,27)7/h2*8-13,21-24,26-29,37,39H,1,14-16H2,2-7H3/t21-,22-,23+,24+,26-,27-,28-,29-,32+,33-,34+;21-,22-,23+,24-,26-,27-,28-,29-,32+,33-,34+/m00/s1. The van der Waals surface area contributed by atoms with Crippen molar-refractivity contribution < 1.29 is 106 Å². The quantitative estimate of drug-likeness (QED) is 0.120. The summed E-state index contributed by atoms with van der Waals surface area (Å²) >= 11 is 0. The van der Waals surface area contributed by atoms with Gasteiger partial charge >= 0.3 is 35.8 Å². The molecule has 0 aromatic heterocycles. The molecule has 4 aliphatic heterocycles. The van der Waals surface area contributed by atoms with Gasteiger partial charge in [-0.3, -0.25) is 19.2 Å². The van der Waals surface area contributed by atoms with Crippen LogP contribution < -0.4 is 0 Å². The minimum absolute atomic E-state index is 0.0414. The van der Waals surface area contributed by atoms with Gasteiger partial charge in [-0.2, -0.15) is 0 Å². The van der Waals surface area contributed by atoms with E-state index in [9.17, 15) is 49.2 Å². The van der Waals surface area contributed by atoms with Crippen molar-refractivity contribution in [1.29, 1.82) is 0 Å². The molecule has 10 aliphatic rings. The highest BCUT2D eigenvalue weighted by molar-refractivity contribution is 5.90. The molecule has 0 radical (unpaired) electrons. The number of carbonyl (C=O) groups excluding carboxylic acids is 6. The fourth-order valence-corrected chi connectivity index (χ4v) is 17.9. The Morgan fingerprint density at radius 2 is 0.856 bits per heavy atom. The summed E-state index contributed by atoms with van der Waals surface area (Å²) in [5.74, 6) is -5.78. The molecule has 4 bridgehead atoms. The van der Waals surface area contributed by atoms with Gasteiger partial charge in [0, 0.05) is 75.0 Å². The number of hydrogen-bond acceptors (Lipinski definition) is 22. The molecule has 22 heteroatoms. The van der Waals surface area contributed by atoms with E-state index in [4.69, 9.17) is 56.8 Å². The van der Waals surface area contributed by atoms with Crippen LogP contribution in [0.15, 0.2) is 108 Å². The predicted molar refractivity (Wildman–Crippen MR) is 315 cm³/mol. The fraction of sp³-hybridized carbons (Fsp3) is 0.618. The molecule has 22 nitrogen and oxygen atoms in total. The van der Waals surface area contributed by atoms with Crippen LogP contribution in [0.5, 0.6) is 0 Å². The first kappa shape index (κ1) is 65.3. The summed E-state index contributed by atoms with van der Waals surface area (Å²) in [5.41, 5.74) is -9.19. The molecule has 0 amide bonds. The molecule has 8 fully saturated rings. The van der Waals surface area contributed by atoms with Crippen LogP contribution in [0.25, 0.3) is 0 Å². The van der Waals surface area contributed by atoms with E-state index in [0.717, 1.165) is 0 Å². The monoisotopic (exact) mass is 1250 g/mol. The summed E-state index contributed by atoms with van der Waals surface area (Å²) in [7, 11) is 0. The van der Waals surface area contributed by atoms with Crippen LogP contribution in [0.2, 0.25) is 0 Å². The zero-order valence-corrected chi connectivity index (χ0v) is 53.0. The molecule has 4 N–H and O–H groups in total. The van der Waals surface area contributed by atoms with Crippen LogP contribution in [-0.2, 0) is 76.0 Å². The Bertz CT molecular complexity index is 3090. The first-order valence-electron chi connectivity index (χ1n) is 30.8. The van der Waals surface area contributed by atoms with Gasteiger partial charge in [0.1, 0.15) is 47.8 Å². The number of aliphatic hydroxyl groups excluding tert-OH is 2. The van der Waals surface area contributed by atoms with E-state index in [-0.39, 0.29) is 50.0 Å². The molecule has 6 aliphatic carbocycles. The highest BCUT2D eigenvalue weighted by Gasteiger charge is 2.82. The number of rotatable bonds is 10. The lowest BCUT2D eigenvalue weighted by Gasteiger charge is -2.71. The second kappa shape index (κ2) is 22.8. The van der Waals surface area contributed by atoms with Gasteiger partial charge < -0.3 is 77.3 Å². The molecule has 0 unspecified atom stereocenters. The number of hydrogen-bond donors (Lipinski definition) is 4. The van der Waals surface area contributed by atoms with Crippen molar-refractivity contribution in [3.8, 4) is 0 Å². The van der Waals surface area contributed by atoms with Crippen molar-refractivity contribution in [2.75, 3.05) is 13.2 Å². The summed E-state index contributed by atoms with van der Waals surface area (Å²) in [6, 6.07) is 16.8. The van der Waals surface area contributed by atoms with Crippen LogP contribution in [0, 0.1) is 33.5 Å². The van der Waals surface area contributed by atoms with E-state index in [0.29, 0.717) is 22.3 Å². The molecule has 4 saturated heterocycles. The summed E-state index contributed by atoms with van der Waals surface area (Å²) in [5, 5.41) is 49.4. The maximum atomic E-state index is 13.9. The Hall–Kier alpha value is -6.18. The topological polar surface area (TPSA) is 294 Å². The van der Waals surface area contributed by atoms with Crippen molar-refractivity contribution in [2.24, 2.45) is 33.5 Å². The predicted octanol–water partition coefficient (Wildman–Crippen LogP) is 6.04. The van der Waals surface area contributed by atoms with Crippen LogP contribution in [0.1, 0.15) is 129 Å². The van der Waals surface area contributed by atoms with Crippen LogP contribution in [-0.4, -0.2) is 178 Å². The molecule has 2 aromatic carbocycles. The van der Waals surface area contributed by atoms with Crippen molar-refractivity contribution >= 4 is 35.8 Å². The second-order valence-electron chi connectivity index (χ2n) is 27.6. The van der Waals surface area contributed by atoms with Crippen molar-refractivity contribution in [3.63, 3.8) is 0 Å². The molecule has 0 spiro atoms. The Labute approximate surface area is 523 Å². The molecular formula is C68H84O22. The molecule has 12 rings (SSSR count). The van der Waals surface area contributed by atoms with E-state index < -0.39 is 178 Å². The Morgan fingerprint density at radius 3 is 1.14 bits per heavy atom. The maximum Gasteiger partial charge on any atom is 0.338 e. The van der Waals surface area contributed by atoms with E-state index in [1.807, 2.05) is 13.8 Å². The van der Waals surface area contributed by atoms with Gasteiger partial charge in [-0.15, -0.1) is 0 Å². The van der Waals surface area contributed by atoms with Crippen molar-refractivity contribution in [2.45, 2.75) is 217 Å². The third kappa shape index (κ3) is 9.61. The minimum atomic E-state index is -1.97. The van der Waals surface area contributed by atoms with Crippen LogP contribution in [0.4, 0.5) is 0 Å². The first-order chi connectivity index (χ1) is 42.2. The average Bonchev–Trinajstić information content (AvgIpc) is 0.672. The van der Waals surface area contributed by atoms with Gasteiger partial charge in [-0.1, -0.05) is 91.1 Å². The molecule has 4 heterocycles. The molecule has 4 saturated carbocycles. The van der Waals surface area contributed by atoms with Crippen LogP contribution in [0.3, 0.4) is 0 Å². The van der Waals surface area contributed by atoms with Crippen molar-refractivity contribution in [3.05, 3.63) is 119 Å². The highest BCUT2D eigenvalue weighted by Crippen LogP contribution is 2.69. The zero-order chi connectivity index (χ0) is 65.4. The number of carbonyl (C=O) groups is 6. The second-order valence-corrected chi connectivity index (χ2v) is 27.6. The summed E-state index contributed by atoms with van der Waals surface area (Å²) < 4.78 is 75.6. The number of esters is 6. The minimum Gasteiger partial charge on any atom is -0.455 e. The molecule has 90 heavy (non-hydrogen) atoms. The Morgan fingerprint density at radius 1 is 0.511 bits per heavy atom. The summed E-state index contributed by atoms with van der Waals surface area (Å²) in [6.45, 7) is 27.2. The lowest BCUT2D eigenvalue weighted by Crippen LogP contribution is -2.83. The largest absolute Gasteiger partial charge is 0.455 e. The van der Waals surface area contributed by atoms with Crippen LogP contribution >= 0.6 is 0 Å². The molecule has 22 atom stereocenters. The fourth-order valence-electron chi connectivity index (χ4n) is 17.9. The highest BCUT2D eigenvalue weighted by atomic mass is 16.7. The van der Waals surface area contributed by atoms with E-state index in [1.165, 1.54) is 39.8 Å². The molecule has 2 aromatic rings. The van der Waals surface area contributed by atoms with Gasteiger partial charge in [0.05, 0.1) is 60.6 Å². The smallest absolute Gasteiger partial charge is 0.338 e. The SMILES string of the molecule is C=C[C@@H]1O[C@H]2C[C@H]3OC[C@@]3(OC(C)=O)[C@H]3[C@H](OC(=O)c4ccccc4)[C@]4(O)C[C@H](O)C(C)=C([C@H](OC(C)=O)[C@H](O1)[C@]23C)C4(C)C.C=C[C@H]1O[C@H]2C[C@H]3OC[C@@]3(OC(C)=O)[C@H]3[C@H](OC(=O)c4ccccc4)[C@]4(O)C[C@H](O)C(C)=C([C@H](OC(C)=O)[C@H](O1)[C@]23C)C4(C)C. The average molecular weight is 1250 g/mol. The number of benzene rings is 2. The van der Waals surface area contributed by atoms with Gasteiger partial charge in [-0.25, -0.2) is 9.59 Å². The third-order valence-corrected chi connectivity index (χ3v) is 22.3. The van der Waals surface area contributed by atoms with E-state index in [1.54, 1.807) is 102 Å². The molecular weight excluding hydrogens is 1170 g/mol. The van der Waals surface area contributed by atoms with E-state index >= 15 is 0 Å². The van der Waals surface area contributed by atoms with Gasteiger partial charge in [0.15, 0.2) is 36.0 Å². The lowest BCUT2D eigenvalue weighted by atomic mass is 9.44.